The van der Waals surface area contributed by atoms with Crippen molar-refractivity contribution in [3.05, 3.63) is 9.72 Å². The lowest BCUT2D eigenvalue weighted by molar-refractivity contribution is 0.353. The molecule has 3 aliphatic rings. The second kappa shape index (κ2) is 2.51. The zero-order valence-corrected chi connectivity index (χ0v) is 9.85. The second-order valence-corrected chi connectivity index (χ2v) is 5.88. The standard InChI is InChI=1S/C10H11IN2O/c11-10-12-9(14-13-10)8-6-4-1-2-5(3-4)7(6)8/h4-8H,1-3H2. The van der Waals surface area contributed by atoms with Crippen LogP contribution in [-0.4, -0.2) is 10.1 Å². The van der Waals surface area contributed by atoms with Crippen molar-refractivity contribution in [2.24, 2.45) is 23.7 Å². The van der Waals surface area contributed by atoms with Crippen molar-refractivity contribution in [2.45, 2.75) is 25.2 Å². The van der Waals surface area contributed by atoms with Crippen molar-refractivity contribution in [3.63, 3.8) is 0 Å². The molecule has 4 rings (SSSR count). The lowest BCUT2D eigenvalue weighted by Gasteiger charge is -2.04. The van der Waals surface area contributed by atoms with Gasteiger partial charge in [0.25, 0.3) is 0 Å². The highest BCUT2D eigenvalue weighted by Crippen LogP contribution is 2.72. The van der Waals surface area contributed by atoms with Gasteiger partial charge in [0.1, 0.15) is 0 Å². The van der Waals surface area contributed by atoms with Gasteiger partial charge in [0.15, 0.2) is 0 Å². The monoisotopic (exact) mass is 302 g/mol. The lowest BCUT2D eigenvalue weighted by atomic mass is 10.0. The van der Waals surface area contributed by atoms with Gasteiger partial charge < -0.3 is 4.52 Å². The molecule has 0 spiro atoms. The summed E-state index contributed by atoms with van der Waals surface area (Å²) in [5.41, 5.74) is 0. The van der Waals surface area contributed by atoms with E-state index in [0.717, 1.165) is 33.4 Å². The molecule has 3 saturated carbocycles. The predicted octanol–water partition coefficient (Wildman–Crippen LogP) is 2.43. The molecule has 0 aromatic carbocycles. The number of fused-ring (bicyclic) bond motifs is 5. The van der Waals surface area contributed by atoms with Gasteiger partial charge in [-0.15, -0.1) is 0 Å². The van der Waals surface area contributed by atoms with Crippen molar-refractivity contribution in [1.82, 2.24) is 10.1 Å². The van der Waals surface area contributed by atoms with Crippen molar-refractivity contribution in [3.8, 4) is 0 Å². The van der Waals surface area contributed by atoms with E-state index in [4.69, 9.17) is 4.52 Å². The molecular weight excluding hydrogens is 291 g/mol. The Balaban J connectivity index is 1.66. The first-order chi connectivity index (χ1) is 6.84. The van der Waals surface area contributed by atoms with Crippen LogP contribution in [0.3, 0.4) is 0 Å². The summed E-state index contributed by atoms with van der Waals surface area (Å²) >= 11 is 2.12. The molecule has 74 valence electrons. The Labute approximate surface area is 95.8 Å². The molecule has 0 N–H and O–H groups in total. The molecule has 0 amide bonds. The van der Waals surface area contributed by atoms with E-state index in [9.17, 15) is 0 Å². The Kier molecular flexibility index (Phi) is 1.45. The minimum absolute atomic E-state index is 0.636. The number of nitrogens with zero attached hydrogens (tertiary/aromatic N) is 2. The number of halogens is 1. The van der Waals surface area contributed by atoms with Gasteiger partial charge in [-0.2, -0.15) is 4.98 Å². The zero-order chi connectivity index (χ0) is 9.28. The molecule has 3 nitrogen and oxygen atoms in total. The number of rotatable bonds is 1. The van der Waals surface area contributed by atoms with Gasteiger partial charge in [-0.25, -0.2) is 0 Å². The zero-order valence-electron chi connectivity index (χ0n) is 7.69. The maximum atomic E-state index is 5.28. The first kappa shape index (κ1) is 8.07. The molecular formula is C10H11IN2O. The number of hydrogen-bond donors (Lipinski definition) is 0. The lowest BCUT2D eigenvalue weighted by Crippen LogP contribution is -1.97. The first-order valence-corrected chi connectivity index (χ1v) is 6.41. The maximum absolute atomic E-state index is 5.28. The summed E-state index contributed by atoms with van der Waals surface area (Å²) in [7, 11) is 0. The van der Waals surface area contributed by atoms with E-state index in [1.54, 1.807) is 0 Å². The normalized spacial score (nSPS) is 48.2. The van der Waals surface area contributed by atoms with Crippen LogP contribution in [0.5, 0.6) is 0 Å². The Bertz CT molecular complexity index is 375. The van der Waals surface area contributed by atoms with Crippen LogP contribution in [-0.2, 0) is 0 Å². The van der Waals surface area contributed by atoms with Gasteiger partial charge in [-0.3, -0.25) is 0 Å². The van der Waals surface area contributed by atoms with E-state index < -0.39 is 0 Å². The largest absolute Gasteiger partial charge is 0.338 e. The van der Waals surface area contributed by atoms with E-state index in [-0.39, 0.29) is 0 Å². The third-order valence-electron chi connectivity index (χ3n) is 4.44. The van der Waals surface area contributed by atoms with Crippen LogP contribution in [0.4, 0.5) is 0 Å². The fourth-order valence-electron chi connectivity index (χ4n) is 4.01. The molecule has 14 heavy (non-hydrogen) atoms. The topological polar surface area (TPSA) is 38.9 Å². The highest BCUT2D eigenvalue weighted by Gasteiger charge is 2.67. The van der Waals surface area contributed by atoms with E-state index in [2.05, 4.69) is 32.7 Å². The van der Waals surface area contributed by atoms with Crippen LogP contribution in [0.25, 0.3) is 0 Å². The molecule has 0 aliphatic heterocycles. The summed E-state index contributed by atoms with van der Waals surface area (Å²) in [4.78, 5) is 4.36. The maximum Gasteiger partial charge on any atom is 0.232 e. The van der Waals surface area contributed by atoms with Gasteiger partial charge >= 0.3 is 0 Å². The van der Waals surface area contributed by atoms with Gasteiger partial charge in [-0.1, -0.05) is 5.16 Å². The van der Waals surface area contributed by atoms with Crippen LogP contribution in [0.2, 0.25) is 0 Å². The Morgan fingerprint density at radius 2 is 1.93 bits per heavy atom. The molecule has 1 aromatic heterocycles. The van der Waals surface area contributed by atoms with Gasteiger partial charge in [0.2, 0.25) is 9.72 Å². The molecule has 0 radical (unpaired) electrons. The van der Waals surface area contributed by atoms with Gasteiger partial charge in [0, 0.05) is 28.5 Å². The van der Waals surface area contributed by atoms with Crippen LogP contribution < -0.4 is 0 Å². The molecule has 0 saturated heterocycles. The van der Waals surface area contributed by atoms with Crippen LogP contribution in [0, 0.1) is 27.5 Å². The summed E-state index contributed by atoms with van der Waals surface area (Å²) in [5, 5.41) is 3.88. The summed E-state index contributed by atoms with van der Waals surface area (Å²) in [6.45, 7) is 0. The van der Waals surface area contributed by atoms with Crippen LogP contribution in [0.1, 0.15) is 31.1 Å². The van der Waals surface area contributed by atoms with Crippen molar-refractivity contribution >= 4 is 22.6 Å². The summed E-state index contributed by atoms with van der Waals surface area (Å²) in [5.74, 6) is 5.34. The molecule has 3 aliphatic carbocycles. The Morgan fingerprint density at radius 1 is 1.21 bits per heavy atom. The van der Waals surface area contributed by atoms with Crippen molar-refractivity contribution in [1.29, 1.82) is 0 Å². The first-order valence-electron chi connectivity index (χ1n) is 5.33. The molecule has 4 unspecified atom stereocenters. The van der Waals surface area contributed by atoms with Gasteiger partial charge in [0.05, 0.1) is 0 Å². The summed E-state index contributed by atoms with van der Waals surface area (Å²) < 4.78 is 6.04. The third-order valence-corrected chi connectivity index (χ3v) is 4.88. The molecule has 3 fully saturated rings. The fraction of sp³-hybridized carbons (Fsp3) is 0.800. The highest BCUT2D eigenvalue weighted by atomic mass is 127. The molecule has 1 aromatic rings. The third kappa shape index (κ3) is 0.882. The van der Waals surface area contributed by atoms with E-state index >= 15 is 0 Å². The quantitative estimate of drug-likeness (QED) is 0.748. The Hall–Kier alpha value is -0.130. The molecule has 4 atom stereocenters. The van der Waals surface area contributed by atoms with E-state index in [1.165, 1.54) is 19.3 Å². The average molecular weight is 302 g/mol. The van der Waals surface area contributed by atoms with Crippen molar-refractivity contribution in [2.75, 3.05) is 0 Å². The minimum Gasteiger partial charge on any atom is -0.338 e. The van der Waals surface area contributed by atoms with E-state index in [1.807, 2.05) is 0 Å². The molecule has 1 heterocycles. The second-order valence-electron chi connectivity index (χ2n) is 4.92. The minimum atomic E-state index is 0.636. The van der Waals surface area contributed by atoms with E-state index in [0.29, 0.717) is 5.92 Å². The smallest absolute Gasteiger partial charge is 0.232 e. The van der Waals surface area contributed by atoms with Crippen LogP contribution in [0.15, 0.2) is 4.52 Å². The SMILES string of the molecule is Ic1noc(C2C3C4CCC(C4)C23)n1. The van der Waals surface area contributed by atoms with Crippen LogP contribution >= 0.6 is 22.6 Å². The Morgan fingerprint density at radius 3 is 2.50 bits per heavy atom. The predicted molar refractivity (Wildman–Crippen MR) is 57.6 cm³/mol. The van der Waals surface area contributed by atoms with Gasteiger partial charge in [-0.05, 0) is 42.9 Å². The average Bonchev–Trinajstić information content (AvgIpc) is 2.58. The van der Waals surface area contributed by atoms with Crippen molar-refractivity contribution < 1.29 is 4.52 Å². The molecule has 2 bridgehead atoms. The molecule has 4 heteroatoms. The summed E-state index contributed by atoms with van der Waals surface area (Å²) in [6, 6.07) is 0. The number of hydrogen-bond acceptors (Lipinski definition) is 3. The number of aromatic nitrogens is 2. The highest BCUT2D eigenvalue weighted by molar-refractivity contribution is 14.1. The summed E-state index contributed by atoms with van der Waals surface area (Å²) in [6.07, 6.45) is 4.39. The fourth-order valence-corrected chi connectivity index (χ4v) is 4.34.